The highest BCUT2D eigenvalue weighted by molar-refractivity contribution is 5.48. The molecule has 3 heteroatoms. The number of hydrogen-bond acceptors (Lipinski definition) is 3. The van der Waals surface area contributed by atoms with E-state index >= 15 is 0 Å². The largest absolute Gasteiger partial charge is 0.497 e. The van der Waals surface area contributed by atoms with Crippen molar-refractivity contribution in [3.05, 3.63) is 58.7 Å². The van der Waals surface area contributed by atoms with Gasteiger partial charge in [0.05, 0.1) is 20.3 Å². The second kappa shape index (κ2) is 6.64. The Kier molecular flexibility index (Phi) is 4.86. The van der Waals surface area contributed by atoms with Crippen LogP contribution in [-0.4, -0.2) is 21.3 Å². The lowest BCUT2D eigenvalue weighted by Gasteiger charge is -2.22. The van der Waals surface area contributed by atoms with Crippen molar-refractivity contribution in [1.29, 1.82) is 0 Å². The van der Waals surface area contributed by atoms with Gasteiger partial charge in [-0.05, 0) is 50.2 Å². The number of hydrogen-bond donors (Lipinski definition) is 1. The number of nitrogens with one attached hydrogen (secondary N) is 1. The van der Waals surface area contributed by atoms with Crippen molar-refractivity contribution in [2.45, 2.75) is 19.9 Å². The molecule has 0 aromatic heterocycles. The molecule has 2 aromatic carbocycles. The van der Waals surface area contributed by atoms with Crippen molar-refractivity contribution in [3.63, 3.8) is 0 Å². The molecule has 2 rings (SSSR count). The molecule has 0 aliphatic heterocycles. The van der Waals surface area contributed by atoms with E-state index in [0.29, 0.717) is 0 Å². The third-order valence-electron chi connectivity index (χ3n) is 3.78. The van der Waals surface area contributed by atoms with Gasteiger partial charge in [-0.15, -0.1) is 0 Å². The van der Waals surface area contributed by atoms with E-state index < -0.39 is 0 Å². The SMILES string of the molecule is CNC(c1cc(C)ccc1C)c1cc(OC)ccc1OC. The second-order valence-corrected chi connectivity index (χ2v) is 5.19. The maximum atomic E-state index is 5.52. The molecule has 0 saturated carbocycles. The van der Waals surface area contributed by atoms with Crippen LogP contribution in [0.4, 0.5) is 0 Å². The van der Waals surface area contributed by atoms with Crippen molar-refractivity contribution in [1.82, 2.24) is 5.32 Å². The highest BCUT2D eigenvalue weighted by Gasteiger charge is 2.19. The molecule has 0 saturated heterocycles. The molecule has 1 atom stereocenters. The minimum atomic E-state index is 0.0648. The highest BCUT2D eigenvalue weighted by Crippen LogP contribution is 2.34. The van der Waals surface area contributed by atoms with E-state index in [-0.39, 0.29) is 6.04 Å². The van der Waals surface area contributed by atoms with E-state index in [4.69, 9.17) is 9.47 Å². The van der Waals surface area contributed by atoms with Gasteiger partial charge in [0.2, 0.25) is 0 Å². The molecule has 0 fully saturated rings. The van der Waals surface area contributed by atoms with Crippen LogP contribution in [0, 0.1) is 13.8 Å². The quantitative estimate of drug-likeness (QED) is 0.910. The summed E-state index contributed by atoms with van der Waals surface area (Å²) in [5, 5.41) is 3.39. The minimum Gasteiger partial charge on any atom is -0.497 e. The molecule has 2 aromatic rings. The fourth-order valence-corrected chi connectivity index (χ4v) is 2.61. The molecule has 0 aliphatic rings. The lowest BCUT2D eigenvalue weighted by molar-refractivity contribution is 0.395. The molecule has 0 heterocycles. The zero-order valence-electron chi connectivity index (χ0n) is 13.4. The smallest absolute Gasteiger partial charge is 0.124 e. The molecular formula is C18H23NO2. The number of aryl methyl sites for hydroxylation is 2. The number of methoxy groups -OCH3 is 2. The first kappa shape index (κ1) is 15.4. The number of benzene rings is 2. The summed E-state index contributed by atoms with van der Waals surface area (Å²) in [6.07, 6.45) is 0. The van der Waals surface area contributed by atoms with Crippen LogP contribution in [0.5, 0.6) is 11.5 Å². The van der Waals surface area contributed by atoms with Crippen molar-refractivity contribution in [2.75, 3.05) is 21.3 Å². The first-order chi connectivity index (χ1) is 10.1. The molecule has 0 aliphatic carbocycles. The van der Waals surface area contributed by atoms with Crippen molar-refractivity contribution in [3.8, 4) is 11.5 Å². The third kappa shape index (κ3) is 3.19. The van der Waals surface area contributed by atoms with Gasteiger partial charge in [-0.2, -0.15) is 0 Å². The molecule has 0 radical (unpaired) electrons. The fourth-order valence-electron chi connectivity index (χ4n) is 2.61. The van der Waals surface area contributed by atoms with Gasteiger partial charge in [0, 0.05) is 5.56 Å². The molecule has 0 spiro atoms. The van der Waals surface area contributed by atoms with Crippen molar-refractivity contribution < 1.29 is 9.47 Å². The van der Waals surface area contributed by atoms with Gasteiger partial charge in [0.25, 0.3) is 0 Å². The van der Waals surface area contributed by atoms with Crippen LogP contribution in [-0.2, 0) is 0 Å². The van der Waals surface area contributed by atoms with E-state index in [2.05, 4.69) is 37.4 Å². The van der Waals surface area contributed by atoms with Crippen molar-refractivity contribution >= 4 is 0 Å². The second-order valence-electron chi connectivity index (χ2n) is 5.19. The fraction of sp³-hybridized carbons (Fsp3) is 0.333. The topological polar surface area (TPSA) is 30.5 Å². The Morgan fingerprint density at radius 2 is 1.67 bits per heavy atom. The van der Waals surface area contributed by atoms with E-state index in [1.165, 1.54) is 16.7 Å². The Morgan fingerprint density at radius 1 is 0.905 bits per heavy atom. The Morgan fingerprint density at radius 3 is 2.29 bits per heavy atom. The predicted molar refractivity (Wildman–Crippen MR) is 86.4 cm³/mol. The Balaban J connectivity index is 2.57. The van der Waals surface area contributed by atoms with Crippen LogP contribution in [0.25, 0.3) is 0 Å². The lowest BCUT2D eigenvalue weighted by atomic mass is 9.93. The monoisotopic (exact) mass is 285 g/mol. The van der Waals surface area contributed by atoms with Crippen LogP contribution in [0.3, 0.4) is 0 Å². The molecule has 1 N–H and O–H groups in total. The van der Waals surface area contributed by atoms with Crippen LogP contribution in [0.1, 0.15) is 28.3 Å². The van der Waals surface area contributed by atoms with Gasteiger partial charge in [0.1, 0.15) is 11.5 Å². The predicted octanol–water partition coefficient (Wildman–Crippen LogP) is 3.63. The minimum absolute atomic E-state index is 0.0648. The number of rotatable bonds is 5. The summed E-state index contributed by atoms with van der Waals surface area (Å²) in [7, 11) is 5.34. The molecule has 21 heavy (non-hydrogen) atoms. The molecule has 3 nitrogen and oxygen atoms in total. The van der Waals surface area contributed by atoms with Gasteiger partial charge in [-0.1, -0.05) is 23.8 Å². The zero-order valence-corrected chi connectivity index (χ0v) is 13.4. The summed E-state index contributed by atoms with van der Waals surface area (Å²) < 4.78 is 10.9. The first-order valence-corrected chi connectivity index (χ1v) is 7.07. The summed E-state index contributed by atoms with van der Waals surface area (Å²) in [6, 6.07) is 12.5. The van der Waals surface area contributed by atoms with Crippen LogP contribution in [0.15, 0.2) is 36.4 Å². The van der Waals surface area contributed by atoms with Gasteiger partial charge in [-0.3, -0.25) is 0 Å². The maximum Gasteiger partial charge on any atom is 0.124 e. The average molecular weight is 285 g/mol. The van der Waals surface area contributed by atoms with Crippen LogP contribution in [0.2, 0.25) is 0 Å². The summed E-state index contributed by atoms with van der Waals surface area (Å²) in [4.78, 5) is 0. The summed E-state index contributed by atoms with van der Waals surface area (Å²) in [5.74, 6) is 1.69. The third-order valence-corrected chi connectivity index (χ3v) is 3.78. The van der Waals surface area contributed by atoms with E-state index in [9.17, 15) is 0 Å². The summed E-state index contributed by atoms with van der Waals surface area (Å²) in [5.41, 5.74) is 4.83. The van der Waals surface area contributed by atoms with E-state index in [1.807, 2.05) is 25.2 Å². The molecular weight excluding hydrogens is 262 g/mol. The number of ether oxygens (including phenoxy) is 2. The zero-order chi connectivity index (χ0) is 15.4. The molecule has 1 unspecified atom stereocenters. The highest BCUT2D eigenvalue weighted by atomic mass is 16.5. The first-order valence-electron chi connectivity index (χ1n) is 7.07. The Labute approximate surface area is 126 Å². The average Bonchev–Trinajstić information content (AvgIpc) is 2.51. The van der Waals surface area contributed by atoms with Gasteiger partial charge in [-0.25, -0.2) is 0 Å². The Hall–Kier alpha value is -2.00. The lowest BCUT2D eigenvalue weighted by Crippen LogP contribution is -2.19. The van der Waals surface area contributed by atoms with E-state index in [1.54, 1.807) is 14.2 Å². The van der Waals surface area contributed by atoms with Crippen LogP contribution < -0.4 is 14.8 Å². The summed E-state index contributed by atoms with van der Waals surface area (Å²) >= 11 is 0. The Bertz CT molecular complexity index is 623. The summed E-state index contributed by atoms with van der Waals surface area (Å²) in [6.45, 7) is 4.24. The normalized spacial score (nSPS) is 12.0. The standard InChI is InChI=1S/C18H23NO2/c1-12-6-7-13(2)15(10-12)18(19-3)16-11-14(20-4)8-9-17(16)21-5/h6-11,18-19H,1-5H3. The molecule has 112 valence electrons. The molecule has 0 bridgehead atoms. The van der Waals surface area contributed by atoms with Crippen LogP contribution >= 0.6 is 0 Å². The molecule has 0 amide bonds. The van der Waals surface area contributed by atoms with Gasteiger partial charge in [0.15, 0.2) is 0 Å². The van der Waals surface area contributed by atoms with Gasteiger partial charge < -0.3 is 14.8 Å². The van der Waals surface area contributed by atoms with E-state index in [0.717, 1.165) is 17.1 Å². The van der Waals surface area contributed by atoms with Crippen molar-refractivity contribution in [2.24, 2.45) is 0 Å². The maximum absolute atomic E-state index is 5.52. The van der Waals surface area contributed by atoms with Gasteiger partial charge >= 0.3 is 0 Å².